The van der Waals surface area contributed by atoms with Gasteiger partial charge >= 0.3 is 0 Å². The maximum atomic E-state index is 11.7. The van der Waals surface area contributed by atoms with Crippen LogP contribution in [-0.4, -0.2) is 14.2 Å². The maximum absolute atomic E-state index is 11.7. The Labute approximate surface area is 95.0 Å². The van der Waals surface area contributed by atoms with Gasteiger partial charge < -0.3 is 0 Å². The fourth-order valence-electron chi connectivity index (χ4n) is 1.03. The van der Waals surface area contributed by atoms with Crippen molar-refractivity contribution in [2.45, 2.75) is 18.7 Å². The Morgan fingerprint density at radius 2 is 1.81 bits per heavy atom. The lowest BCUT2D eigenvalue weighted by molar-refractivity contribution is -0.112. The third kappa shape index (κ3) is 3.51. The molecule has 5 heteroatoms. The predicted octanol–water partition coefficient (Wildman–Crippen LogP) is 1.38. The number of benzene rings is 1. The average molecular weight is 239 g/mol. The molecule has 0 bridgehead atoms. The molecular weight excluding hydrogens is 226 g/mol. The van der Waals surface area contributed by atoms with Gasteiger partial charge in [0.05, 0.1) is 4.90 Å². The molecule has 16 heavy (non-hydrogen) atoms. The molecule has 0 aliphatic rings. The van der Waals surface area contributed by atoms with Crippen LogP contribution in [0.25, 0.3) is 0 Å². The SMILES string of the molecule is CC(=O)/C=C\NS(=O)(=O)c1ccc(C)cc1. The molecule has 4 nitrogen and oxygen atoms in total. The molecule has 0 aliphatic heterocycles. The van der Waals surface area contributed by atoms with Gasteiger partial charge in [0, 0.05) is 6.20 Å². The first-order valence-corrected chi connectivity index (χ1v) is 6.16. The number of hydrogen-bond donors (Lipinski definition) is 1. The second kappa shape index (κ2) is 4.94. The monoisotopic (exact) mass is 239 g/mol. The lowest BCUT2D eigenvalue weighted by Crippen LogP contribution is -2.18. The Balaban J connectivity index is 2.86. The van der Waals surface area contributed by atoms with Crippen LogP contribution in [0.2, 0.25) is 0 Å². The maximum Gasteiger partial charge on any atom is 0.261 e. The molecule has 0 aromatic heterocycles. The van der Waals surface area contributed by atoms with Crippen LogP contribution in [0.5, 0.6) is 0 Å². The van der Waals surface area contributed by atoms with Crippen molar-refractivity contribution in [1.29, 1.82) is 0 Å². The van der Waals surface area contributed by atoms with Crippen LogP contribution < -0.4 is 4.72 Å². The summed E-state index contributed by atoms with van der Waals surface area (Å²) in [6.45, 7) is 3.22. The highest BCUT2D eigenvalue weighted by molar-refractivity contribution is 7.89. The first kappa shape index (κ1) is 12.4. The first-order valence-electron chi connectivity index (χ1n) is 4.68. The Morgan fingerprint density at radius 1 is 1.25 bits per heavy atom. The van der Waals surface area contributed by atoms with Crippen LogP contribution in [0.3, 0.4) is 0 Å². The molecular formula is C11H13NO3S. The fraction of sp³-hybridized carbons (Fsp3) is 0.182. The zero-order valence-corrected chi connectivity index (χ0v) is 9.91. The fourth-order valence-corrected chi connectivity index (χ4v) is 1.90. The molecule has 0 heterocycles. The molecule has 0 radical (unpaired) electrons. The van der Waals surface area contributed by atoms with Crippen molar-refractivity contribution in [2.24, 2.45) is 0 Å². The molecule has 86 valence electrons. The van der Waals surface area contributed by atoms with E-state index in [2.05, 4.69) is 4.72 Å². The molecule has 0 spiro atoms. The number of hydrogen-bond acceptors (Lipinski definition) is 3. The Bertz CT molecular complexity index is 501. The van der Waals surface area contributed by atoms with Gasteiger partial charge in [-0.05, 0) is 32.1 Å². The Kier molecular flexibility index (Phi) is 3.84. The molecule has 0 amide bonds. The number of carbonyl (C=O) groups is 1. The van der Waals surface area contributed by atoms with Gasteiger partial charge in [-0.2, -0.15) is 0 Å². The molecule has 1 aromatic carbocycles. The number of ketones is 1. The van der Waals surface area contributed by atoms with Gasteiger partial charge in [0.2, 0.25) is 0 Å². The second-order valence-corrected chi connectivity index (χ2v) is 5.09. The molecule has 0 saturated heterocycles. The standard InChI is InChI=1S/C11H13NO3S/c1-9-3-5-11(6-4-9)16(14,15)12-8-7-10(2)13/h3-8,12H,1-2H3/b8-7-. The van der Waals surface area contributed by atoms with Gasteiger partial charge in [-0.3, -0.25) is 9.52 Å². The second-order valence-electron chi connectivity index (χ2n) is 3.38. The van der Waals surface area contributed by atoms with Crippen molar-refractivity contribution < 1.29 is 13.2 Å². The lowest BCUT2D eigenvalue weighted by atomic mass is 10.2. The minimum atomic E-state index is -3.56. The zero-order valence-electron chi connectivity index (χ0n) is 9.10. The van der Waals surface area contributed by atoms with Gasteiger partial charge in [0.1, 0.15) is 0 Å². The summed E-state index contributed by atoms with van der Waals surface area (Å²) < 4.78 is 25.5. The van der Waals surface area contributed by atoms with E-state index in [1.54, 1.807) is 12.1 Å². The van der Waals surface area contributed by atoms with Crippen molar-refractivity contribution >= 4 is 15.8 Å². The zero-order chi connectivity index (χ0) is 12.2. The summed E-state index contributed by atoms with van der Waals surface area (Å²) in [4.78, 5) is 10.8. The third-order valence-electron chi connectivity index (χ3n) is 1.87. The molecule has 0 unspecified atom stereocenters. The van der Waals surface area contributed by atoms with Crippen molar-refractivity contribution in [3.05, 3.63) is 42.1 Å². The van der Waals surface area contributed by atoms with E-state index in [0.29, 0.717) is 0 Å². The van der Waals surface area contributed by atoms with E-state index in [1.165, 1.54) is 19.1 Å². The molecule has 0 fully saturated rings. The van der Waals surface area contributed by atoms with E-state index in [1.807, 2.05) is 6.92 Å². The number of allylic oxidation sites excluding steroid dienone is 1. The minimum Gasteiger partial charge on any atom is -0.295 e. The van der Waals surface area contributed by atoms with Crippen molar-refractivity contribution in [2.75, 3.05) is 0 Å². The van der Waals surface area contributed by atoms with E-state index in [0.717, 1.165) is 17.8 Å². The largest absolute Gasteiger partial charge is 0.295 e. The first-order chi connectivity index (χ1) is 7.42. The summed E-state index contributed by atoms with van der Waals surface area (Å²) in [5.74, 6) is -0.216. The normalized spacial score (nSPS) is 11.6. The summed E-state index contributed by atoms with van der Waals surface area (Å²) in [7, 11) is -3.56. The van der Waals surface area contributed by atoms with Gasteiger partial charge in [0.15, 0.2) is 5.78 Å². The highest BCUT2D eigenvalue weighted by atomic mass is 32.2. The minimum absolute atomic E-state index is 0.173. The van der Waals surface area contributed by atoms with E-state index in [4.69, 9.17) is 0 Å². The molecule has 1 rings (SSSR count). The number of aryl methyl sites for hydroxylation is 1. The van der Waals surface area contributed by atoms with E-state index < -0.39 is 10.0 Å². The molecule has 1 aromatic rings. The van der Waals surface area contributed by atoms with Crippen LogP contribution in [0, 0.1) is 6.92 Å². The van der Waals surface area contributed by atoms with Crippen LogP contribution in [0.1, 0.15) is 12.5 Å². The van der Waals surface area contributed by atoms with Crippen LogP contribution in [0.15, 0.2) is 41.4 Å². The molecule has 1 N–H and O–H groups in total. The van der Waals surface area contributed by atoms with Gasteiger partial charge in [-0.15, -0.1) is 0 Å². The smallest absolute Gasteiger partial charge is 0.261 e. The van der Waals surface area contributed by atoms with Gasteiger partial charge in [-0.1, -0.05) is 17.7 Å². The van der Waals surface area contributed by atoms with Crippen LogP contribution in [0.4, 0.5) is 0 Å². The van der Waals surface area contributed by atoms with Crippen molar-refractivity contribution in [1.82, 2.24) is 4.72 Å². The summed E-state index contributed by atoms with van der Waals surface area (Å²) in [5, 5.41) is 0. The molecule has 0 saturated carbocycles. The van der Waals surface area contributed by atoms with E-state index in [9.17, 15) is 13.2 Å². The number of carbonyl (C=O) groups excluding carboxylic acids is 1. The molecule has 0 atom stereocenters. The summed E-state index contributed by atoms with van der Waals surface area (Å²) in [5.41, 5.74) is 0.984. The third-order valence-corrected chi connectivity index (χ3v) is 3.21. The lowest BCUT2D eigenvalue weighted by Gasteiger charge is -2.03. The van der Waals surface area contributed by atoms with Gasteiger partial charge in [-0.25, -0.2) is 8.42 Å². The van der Waals surface area contributed by atoms with E-state index >= 15 is 0 Å². The van der Waals surface area contributed by atoms with Crippen molar-refractivity contribution in [3.8, 4) is 0 Å². The molecule has 0 aliphatic carbocycles. The highest BCUT2D eigenvalue weighted by Gasteiger charge is 2.10. The Hall–Kier alpha value is -1.62. The quantitative estimate of drug-likeness (QED) is 0.807. The van der Waals surface area contributed by atoms with E-state index in [-0.39, 0.29) is 10.7 Å². The number of nitrogens with one attached hydrogen (secondary N) is 1. The topological polar surface area (TPSA) is 63.2 Å². The van der Waals surface area contributed by atoms with Crippen LogP contribution in [-0.2, 0) is 14.8 Å². The summed E-state index contributed by atoms with van der Waals surface area (Å²) in [6, 6.07) is 6.45. The number of sulfonamides is 1. The highest BCUT2D eigenvalue weighted by Crippen LogP contribution is 2.09. The average Bonchev–Trinajstić information content (AvgIpc) is 2.17. The Morgan fingerprint density at radius 3 is 2.31 bits per heavy atom. The summed E-state index contributed by atoms with van der Waals surface area (Å²) >= 11 is 0. The van der Waals surface area contributed by atoms with Gasteiger partial charge in [0.25, 0.3) is 10.0 Å². The van der Waals surface area contributed by atoms with Crippen LogP contribution >= 0.6 is 0 Å². The summed E-state index contributed by atoms with van der Waals surface area (Å²) in [6.07, 6.45) is 2.28. The van der Waals surface area contributed by atoms with Crippen molar-refractivity contribution in [3.63, 3.8) is 0 Å². The predicted molar refractivity (Wildman–Crippen MR) is 61.3 cm³/mol. The number of rotatable bonds is 4.